The van der Waals surface area contributed by atoms with Crippen molar-refractivity contribution < 1.29 is 4.39 Å². The predicted octanol–water partition coefficient (Wildman–Crippen LogP) is 4.19. The van der Waals surface area contributed by atoms with E-state index in [9.17, 15) is 4.39 Å². The maximum absolute atomic E-state index is 13.8. The van der Waals surface area contributed by atoms with Crippen molar-refractivity contribution in [3.8, 4) is 10.4 Å². The highest BCUT2D eigenvalue weighted by atomic mass is 32.1. The molecule has 2 aromatic rings. The molecule has 17 heavy (non-hydrogen) atoms. The van der Waals surface area contributed by atoms with Gasteiger partial charge in [-0.05, 0) is 44.5 Å². The lowest BCUT2D eigenvalue weighted by Gasteiger charge is -2.03. The van der Waals surface area contributed by atoms with Gasteiger partial charge in [-0.2, -0.15) is 0 Å². The fraction of sp³-hybridized carbons (Fsp3) is 0.286. The van der Waals surface area contributed by atoms with Gasteiger partial charge in [0.15, 0.2) is 0 Å². The Bertz CT molecular complexity index is 543. The molecule has 3 heteroatoms. The summed E-state index contributed by atoms with van der Waals surface area (Å²) in [5, 5.41) is 0. The number of hydrogen-bond acceptors (Lipinski definition) is 2. The summed E-state index contributed by atoms with van der Waals surface area (Å²) in [5.41, 5.74) is 8.69. The van der Waals surface area contributed by atoms with Gasteiger partial charge in [-0.15, -0.1) is 11.3 Å². The number of hydrogen-bond donors (Lipinski definition) is 1. The van der Waals surface area contributed by atoms with Crippen molar-refractivity contribution in [1.29, 1.82) is 0 Å². The smallest absolute Gasteiger partial charge is 0.131 e. The van der Waals surface area contributed by atoms with E-state index in [1.54, 1.807) is 17.4 Å². The lowest BCUT2D eigenvalue weighted by molar-refractivity contribution is 0.631. The molecule has 0 amide bonds. The van der Waals surface area contributed by atoms with E-state index in [2.05, 4.69) is 0 Å². The fourth-order valence-electron chi connectivity index (χ4n) is 1.81. The minimum absolute atomic E-state index is 0.000297. The third kappa shape index (κ3) is 2.40. The van der Waals surface area contributed by atoms with Gasteiger partial charge in [0.25, 0.3) is 0 Å². The summed E-state index contributed by atoms with van der Waals surface area (Å²) in [6.45, 7) is 5.92. The van der Waals surface area contributed by atoms with Crippen molar-refractivity contribution in [1.82, 2.24) is 0 Å². The first-order valence-corrected chi connectivity index (χ1v) is 6.43. The normalized spacial score (nSPS) is 12.8. The summed E-state index contributed by atoms with van der Waals surface area (Å²) >= 11 is 1.58. The zero-order chi connectivity index (χ0) is 12.6. The van der Waals surface area contributed by atoms with Gasteiger partial charge in [0.1, 0.15) is 5.82 Å². The van der Waals surface area contributed by atoms with Crippen LogP contribution in [0.5, 0.6) is 0 Å². The van der Waals surface area contributed by atoms with Crippen LogP contribution in [0.3, 0.4) is 0 Å². The second-order valence-corrected chi connectivity index (χ2v) is 5.52. The molecule has 0 radical (unpaired) electrons. The van der Waals surface area contributed by atoms with Crippen LogP contribution in [0.2, 0.25) is 0 Å². The molecule has 90 valence electrons. The Morgan fingerprint density at radius 1 is 1.24 bits per heavy atom. The lowest BCUT2D eigenvalue weighted by atomic mass is 10.1. The summed E-state index contributed by atoms with van der Waals surface area (Å²) < 4.78 is 13.8. The third-order valence-corrected chi connectivity index (χ3v) is 4.22. The minimum atomic E-state index is -0.170. The Morgan fingerprint density at radius 2 is 1.94 bits per heavy atom. The zero-order valence-electron chi connectivity index (χ0n) is 10.3. The van der Waals surface area contributed by atoms with Crippen LogP contribution in [0.1, 0.15) is 29.0 Å². The quantitative estimate of drug-likeness (QED) is 0.848. The lowest BCUT2D eigenvalue weighted by Crippen LogP contribution is -2.01. The molecular weight excluding hydrogens is 233 g/mol. The van der Waals surface area contributed by atoms with Crippen LogP contribution in [-0.2, 0) is 0 Å². The molecule has 2 rings (SSSR count). The van der Waals surface area contributed by atoms with Gasteiger partial charge in [-0.25, -0.2) is 4.39 Å². The highest BCUT2D eigenvalue weighted by Gasteiger charge is 2.13. The number of halogens is 1. The molecule has 1 unspecified atom stereocenters. The molecule has 0 saturated heterocycles. The average Bonchev–Trinajstić information content (AvgIpc) is 2.64. The average molecular weight is 249 g/mol. The van der Waals surface area contributed by atoms with Crippen LogP contribution in [0.25, 0.3) is 10.4 Å². The molecule has 1 aromatic carbocycles. The molecule has 1 atom stereocenters. The maximum Gasteiger partial charge on any atom is 0.131 e. The van der Waals surface area contributed by atoms with Crippen LogP contribution in [0.15, 0.2) is 24.3 Å². The zero-order valence-corrected chi connectivity index (χ0v) is 11.1. The fourth-order valence-corrected chi connectivity index (χ4v) is 2.96. The molecule has 1 heterocycles. The minimum Gasteiger partial charge on any atom is -0.324 e. The van der Waals surface area contributed by atoms with Crippen molar-refractivity contribution in [3.63, 3.8) is 0 Å². The molecular formula is C14H16FNS. The molecule has 0 aliphatic carbocycles. The van der Waals surface area contributed by atoms with Gasteiger partial charge >= 0.3 is 0 Å². The first kappa shape index (κ1) is 12.3. The van der Waals surface area contributed by atoms with Crippen LogP contribution in [-0.4, -0.2) is 0 Å². The molecule has 2 N–H and O–H groups in total. The summed E-state index contributed by atoms with van der Waals surface area (Å²) in [6.07, 6.45) is 0. The largest absolute Gasteiger partial charge is 0.324 e. The summed E-state index contributed by atoms with van der Waals surface area (Å²) in [4.78, 5) is 2.08. The Labute approximate surface area is 105 Å². The monoisotopic (exact) mass is 249 g/mol. The van der Waals surface area contributed by atoms with E-state index >= 15 is 0 Å². The van der Waals surface area contributed by atoms with Crippen LogP contribution in [0.4, 0.5) is 4.39 Å². The highest BCUT2D eigenvalue weighted by Crippen LogP contribution is 2.36. The Hall–Kier alpha value is -1.19. The topological polar surface area (TPSA) is 26.0 Å². The number of thiophene rings is 1. The Morgan fingerprint density at radius 3 is 2.53 bits per heavy atom. The van der Waals surface area contributed by atoms with Crippen molar-refractivity contribution >= 4 is 11.3 Å². The molecule has 1 nitrogen and oxygen atoms in total. The third-order valence-electron chi connectivity index (χ3n) is 2.75. The first-order valence-electron chi connectivity index (χ1n) is 5.61. The molecule has 0 fully saturated rings. The van der Waals surface area contributed by atoms with E-state index in [1.165, 1.54) is 6.07 Å². The molecule has 0 spiro atoms. The molecule has 1 aromatic heterocycles. The van der Waals surface area contributed by atoms with Crippen LogP contribution >= 0.6 is 11.3 Å². The maximum atomic E-state index is 13.8. The second kappa shape index (κ2) is 4.59. The summed E-state index contributed by atoms with van der Waals surface area (Å²) in [5.74, 6) is -0.170. The van der Waals surface area contributed by atoms with Gasteiger partial charge in [0, 0.05) is 21.4 Å². The van der Waals surface area contributed by atoms with E-state index in [1.807, 2.05) is 32.9 Å². The standard InChI is InChI=1S/C14H16FNS/c1-8-4-5-12(15)11(6-8)14-9(2)7-13(17-14)10(3)16/h4-7,10H,16H2,1-3H3. The van der Waals surface area contributed by atoms with E-state index in [0.717, 1.165) is 20.9 Å². The Kier molecular flexibility index (Phi) is 3.31. The number of nitrogens with two attached hydrogens (primary N) is 1. The van der Waals surface area contributed by atoms with E-state index in [0.29, 0.717) is 5.56 Å². The number of aryl methyl sites for hydroxylation is 2. The predicted molar refractivity (Wildman–Crippen MR) is 71.8 cm³/mol. The van der Waals surface area contributed by atoms with Crippen molar-refractivity contribution in [2.45, 2.75) is 26.8 Å². The first-order chi connectivity index (χ1) is 7.99. The molecule has 0 saturated carbocycles. The SMILES string of the molecule is Cc1ccc(F)c(-c2sc(C(C)N)cc2C)c1. The van der Waals surface area contributed by atoms with Crippen molar-refractivity contribution in [2.24, 2.45) is 5.73 Å². The van der Waals surface area contributed by atoms with Gasteiger partial charge in [-0.3, -0.25) is 0 Å². The van der Waals surface area contributed by atoms with Gasteiger partial charge < -0.3 is 5.73 Å². The van der Waals surface area contributed by atoms with Crippen LogP contribution in [0, 0.1) is 19.7 Å². The molecule has 0 bridgehead atoms. The molecule has 0 aliphatic rings. The van der Waals surface area contributed by atoms with Gasteiger partial charge in [-0.1, -0.05) is 11.6 Å². The highest BCUT2D eigenvalue weighted by molar-refractivity contribution is 7.15. The second-order valence-electron chi connectivity index (χ2n) is 4.43. The molecule has 0 aliphatic heterocycles. The van der Waals surface area contributed by atoms with E-state index in [4.69, 9.17) is 5.73 Å². The number of rotatable bonds is 2. The summed E-state index contributed by atoms with van der Waals surface area (Å²) in [6, 6.07) is 7.25. The van der Waals surface area contributed by atoms with E-state index < -0.39 is 0 Å². The van der Waals surface area contributed by atoms with Gasteiger partial charge in [0.05, 0.1) is 0 Å². The summed E-state index contributed by atoms with van der Waals surface area (Å²) in [7, 11) is 0. The van der Waals surface area contributed by atoms with Crippen molar-refractivity contribution in [2.75, 3.05) is 0 Å². The van der Waals surface area contributed by atoms with Gasteiger partial charge in [0.2, 0.25) is 0 Å². The number of benzene rings is 1. The van der Waals surface area contributed by atoms with Crippen molar-refractivity contribution in [3.05, 3.63) is 46.1 Å². The van der Waals surface area contributed by atoms with Crippen LogP contribution < -0.4 is 5.73 Å². The Balaban J connectivity index is 2.56. The van der Waals surface area contributed by atoms with E-state index in [-0.39, 0.29) is 11.9 Å².